The summed E-state index contributed by atoms with van der Waals surface area (Å²) in [5.41, 5.74) is 0.663. The molecular weight excluding hydrogens is 428 g/mol. The number of benzene rings is 2. The molecular formula is C25H29F2N3O3. The Morgan fingerprint density at radius 3 is 2.45 bits per heavy atom. The first-order chi connectivity index (χ1) is 16.0. The number of ether oxygens (including phenoxy) is 1. The van der Waals surface area contributed by atoms with E-state index in [0.717, 1.165) is 19.0 Å². The molecule has 2 amide bonds. The van der Waals surface area contributed by atoms with Crippen LogP contribution in [0.25, 0.3) is 0 Å². The molecule has 2 heterocycles. The molecule has 2 aliphatic heterocycles. The normalized spacial score (nSPS) is 18.9. The molecule has 1 N–H and O–H groups in total. The van der Waals surface area contributed by atoms with Gasteiger partial charge in [-0.25, -0.2) is 8.78 Å². The molecule has 0 saturated carbocycles. The number of rotatable bonds is 7. The van der Waals surface area contributed by atoms with Crippen molar-refractivity contribution in [3.63, 3.8) is 0 Å². The van der Waals surface area contributed by atoms with Crippen molar-refractivity contribution in [3.05, 3.63) is 60.2 Å². The van der Waals surface area contributed by atoms with E-state index >= 15 is 0 Å². The average molecular weight is 458 g/mol. The topological polar surface area (TPSA) is 61.9 Å². The van der Waals surface area contributed by atoms with Gasteiger partial charge in [-0.05, 0) is 49.4 Å². The minimum atomic E-state index is -0.849. The van der Waals surface area contributed by atoms with E-state index in [1.807, 2.05) is 35.2 Å². The fourth-order valence-electron chi connectivity index (χ4n) is 4.45. The van der Waals surface area contributed by atoms with Gasteiger partial charge in [0.05, 0.1) is 0 Å². The van der Waals surface area contributed by atoms with E-state index in [1.165, 1.54) is 6.07 Å². The summed E-state index contributed by atoms with van der Waals surface area (Å²) >= 11 is 0. The number of para-hydroxylation sites is 1. The highest BCUT2D eigenvalue weighted by Gasteiger charge is 2.29. The smallest absolute Gasteiger partial charge is 0.260 e. The summed E-state index contributed by atoms with van der Waals surface area (Å²) in [7, 11) is 0. The van der Waals surface area contributed by atoms with Crippen LogP contribution in [0.3, 0.4) is 0 Å². The molecule has 2 fully saturated rings. The lowest BCUT2D eigenvalue weighted by molar-refractivity contribution is -0.137. The summed E-state index contributed by atoms with van der Waals surface area (Å²) in [5.74, 6) is -0.921. The summed E-state index contributed by atoms with van der Waals surface area (Å²) in [4.78, 5) is 28.8. The number of piperidine rings is 1. The van der Waals surface area contributed by atoms with Gasteiger partial charge < -0.3 is 19.9 Å². The van der Waals surface area contributed by atoms with Crippen LogP contribution in [-0.2, 0) is 9.59 Å². The zero-order valence-electron chi connectivity index (χ0n) is 18.5. The van der Waals surface area contributed by atoms with Crippen LogP contribution in [0.5, 0.6) is 5.75 Å². The maximum Gasteiger partial charge on any atom is 0.260 e. The minimum Gasteiger partial charge on any atom is -0.484 e. The van der Waals surface area contributed by atoms with Crippen molar-refractivity contribution in [2.75, 3.05) is 44.2 Å². The van der Waals surface area contributed by atoms with E-state index in [4.69, 9.17) is 4.74 Å². The summed E-state index contributed by atoms with van der Waals surface area (Å²) in [6, 6.07) is 13.2. The van der Waals surface area contributed by atoms with Gasteiger partial charge in [0.15, 0.2) is 18.2 Å². The number of nitrogens with one attached hydrogen (secondary N) is 1. The van der Waals surface area contributed by atoms with Crippen LogP contribution in [0.15, 0.2) is 48.5 Å². The molecule has 4 rings (SSSR count). The zero-order valence-corrected chi connectivity index (χ0v) is 18.5. The maximum atomic E-state index is 13.5. The van der Waals surface area contributed by atoms with Gasteiger partial charge in [-0.3, -0.25) is 9.59 Å². The first kappa shape index (κ1) is 23.0. The fourth-order valence-corrected chi connectivity index (χ4v) is 4.45. The van der Waals surface area contributed by atoms with Gasteiger partial charge in [0.2, 0.25) is 5.91 Å². The van der Waals surface area contributed by atoms with Crippen LogP contribution in [0.4, 0.5) is 14.5 Å². The van der Waals surface area contributed by atoms with E-state index in [1.54, 1.807) is 11.0 Å². The first-order valence-corrected chi connectivity index (χ1v) is 11.4. The number of carbonyl (C=O) groups excluding carboxylic acids is 2. The van der Waals surface area contributed by atoms with Gasteiger partial charge in [0.25, 0.3) is 5.91 Å². The fraction of sp³-hybridized carbons (Fsp3) is 0.440. The van der Waals surface area contributed by atoms with E-state index in [9.17, 15) is 18.4 Å². The van der Waals surface area contributed by atoms with Crippen LogP contribution < -0.4 is 15.0 Å². The number of halogens is 2. The molecule has 0 aliphatic carbocycles. The number of hydrogen-bond donors (Lipinski definition) is 1. The van der Waals surface area contributed by atoms with Crippen LogP contribution in [0, 0.1) is 23.5 Å². The van der Waals surface area contributed by atoms with E-state index < -0.39 is 11.6 Å². The van der Waals surface area contributed by atoms with Crippen molar-refractivity contribution in [2.45, 2.75) is 19.3 Å². The second-order valence-electron chi connectivity index (χ2n) is 8.70. The molecule has 176 valence electrons. The summed E-state index contributed by atoms with van der Waals surface area (Å²) in [5, 5.41) is 3.05. The Morgan fingerprint density at radius 2 is 1.73 bits per heavy atom. The van der Waals surface area contributed by atoms with Crippen molar-refractivity contribution in [1.82, 2.24) is 10.2 Å². The van der Waals surface area contributed by atoms with Gasteiger partial charge in [0, 0.05) is 50.4 Å². The SMILES string of the molecule is O=C(NCC1CCN(c2ccc(F)c(F)c2)C1)C1CCN(C(=O)COc2ccccc2)CC1. The third-order valence-electron chi connectivity index (χ3n) is 6.44. The molecule has 8 heteroatoms. The second-order valence-corrected chi connectivity index (χ2v) is 8.70. The molecule has 2 saturated heterocycles. The van der Waals surface area contributed by atoms with E-state index in [0.29, 0.717) is 50.5 Å². The quantitative estimate of drug-likeness (QED) is 0.694. The molecule has 1 atom stereocenters. The van der Waals surface area contributed by atoms with Crippen molar-refractivity contribution in [1.29, 1.82) is 0 Å². The number of likely N-dealkylation sites (tertiary alicyclic amines) is 1. The highest BCUT2D eigenvalue weighted by atomic mass is 19.2. The van der Waals surface area contributed by atoms with Gasteiger partial charge in [-0.1, -0.05) is 18.2 Å². The summed E-state index contributed by atoms with van der Waals surface area (Å²) < 4.78 is 32.2. The van der Waals surface area contributed by atoms with E-state index in [2.05, 4.69) is 5.32 Å². The Morgan fingerprint density at radius 1 is 0.970 bits per heavy atom. The van der Waals surface area contributed by atoms with Crippen molar-refractivity contribution in [3.8, 4) is 5.75 Å². The van der Waals surface area contributed by atoms with Crippen LogP contribution in [-0.4, -0.2) is 56.0 Å². The Hall–Kier alpha value is -3.16. The molecule has 33 heavy (non-hydrogen) atoms. The molecule has 2 aromatic rings. The Labute approximate surface area is 192 Å². The predicted octanol–water partition coefficient (Wildman–Crippen LogP) is 3.22. The monoisotopic (exact) mass is 457 g/mol. The standard InChI is InChI=1S/C25H29F2N3O3/c26-22-7-6-20(14-23(22)27)30-11-8-18(16-30)15-28-25(32)19-9-12-29(13-10-19)24(31)17-33-21-4-2-1-3-5-21/h1-7,14,18-19H,8-13,15-17H2,(H,28,32). The lowest BCUT2D eigenvalue weighted by Gasteiger charge is -2.31. The van der Waals surface area contributed by atoms with Gasteiger partial charge in [-0.15, -0.1) is 0 Å². The van der Waals surface area contributed by atoms with Crippen molar-refractivity contribution < 1.29 is 23.1 Å². The molecule has 2 aromatic carbocycles. The average Bonchev–Trinajstić information content (AvgIpc) is 3.32. The number of anilines is 1. The van der Waals surface area contributed by atoms with Crippen molar-refractivity contribution in [2.24, 2.45) is 11.8 Å². The Kier molecular flexibility index (Phi) is 7.42. The highest BCUT2D eigenvalue weighted by molar-refractivity contribution is 5.80. The van der Waals surface area contributed by atoms with Crippen LogP contribution in [0.1, 0.15) is 19.3 Å². The van der Waals surface area contributed by atoms with Gasteiger partial charge in [-0.2, -0.15) is 0 Å². The largest absolute Gasteiger partial charge is 0.484 e. The molecule has 0 radical (unpaired) electrons. The number of nitrogens with zero attached hydrogens (tertiary/aromatic N) is 2. The van der Waals surface area contributed by atoms with Crippen LogP contribution in [0.2, 0.25) is 0 Å². The lowest BCUT2D eigenvalue weighted by atomic mass is 9.95. The van der Waals surface area contributed by atoms with E-state index in [-0.39, 0.29) is 30.3 Å². The molecule has 2 aliphatic rings. The minimum absolute atomic E-state index is 0.00296. The zero-order chi connectivity index (χ0) is 23.2. The Balaban J connectivity index is 1.16. The number of carbonyl (C=O) groups is 2. The third kappa shape index (κ3) is 6.00. The van der Waals surface area contributed by atoms with Gasteiger partial charge >= 0.3 is 0 Å². The molecule has 0 bridgehead atoms. The summed E-state index contributed by atoms with van der Waals surface area (Å²) in [6.45, 7) is 3.09. The summed E-state index contributed by atoms with van der Waals surface area (Å²) in [6.07, 6.45) is 2.15. The van der Waals surface area contributed by atoms with Crippen molar-refractivity contribution >= 4 is 17.5 Å². The molecule has 6 nitrogen and oxygen atoms in total. The third-order valence-corrected chi connectivity index (χ3v) is 6.44. The highest BCUT2D eigenvalue weighted by Crippen LogP contribution is 2.25. The van der Waals surface area contributed by atoms with Crippen LogP contribution >= 0.6 is 0 Å². The maximum absolute atomic E-state index is 13.5. The second kappa shape index (κ2) is 10.6. The predicted molar refractivity (Wildman–Crippen MR) is 121 cm³/mol. The number of amides is 2. The first-order valence-electron chi connectivity index (χ1n) is 11.4. The number of hydrogen-bond acceptors (Lipinski definition) is 4. The molecule has 1 unspecified atom stereocenters. The molecule has 0 aromatic heterocycles. The Bertz CT molecular complexity index is 965. The lowest BCUT2D eigenvalue weighted by Crippen LogP contribution is -2.45. The van der Waals surface area contributed by atoms with Gasteiger partial charge in [0.1, 0.15) is 5.75 Å². The molecule has 0 spiro atoms.